The lowest BCUT2D eigenvalue weighted by atomic mass is 9.98. The summed E-state index contributed by atoms with van der Waals surface area (Å²) in [5.74, 6) is -0.0782. The molecule has 0 spiro atoms. The van der Waals surface area contributed by atoms with Crippen LogP contribution in [0.5, 0.6) is 0 Å². The molecule has 1 atom stereocenters. The van der Waals surface area contributed by atoms with E-state index in [9.17, 15) is 14.7 Å². The molecule has 1 aliphatic heterocycles. The molecule has 1 fully saturated rings. The minimum Gasteiger partial charge on any atom is -0.390 e. The highest BCUT2D eigenvalue weighted by Crippen LogP contribution is 2.14. The van der Waals surface area contributed by atoms with Gasteiger partial charge in [0.05, 0.1) is 5.60 Å². The zero-order chi connectivity index (χ0) is 16.2. The van der Waals surface area contributed by atoms with Crippen LogP contribution in [0.3, 0.4) is 0 Å². The van der Waals surface area contributed by atoms with Crippen molar-refractivity contribution in [3.05, 3.63) is 35.4 Å². The number of rotatable bonds is 6. The number of nitrogens with one attached hydrogen (secondary N) is 2. The molecule has 0 aliphatic carbocycles. The zero-order valence-electron chi connectivity index (χ0n) is 13.2. The molecule has 22 heavy (non-hydrogen) atoms. The predicted molar refractivity (Wildman–Crippen MR) is 84.6 cm³/mol. The molecular formula is C17H24N2O3. The number of carbonyl (C=O) groups excluding carboxylic acids is 2. The minimum absolute atomic E-state index is 0.0440. The van der Waals surface area contributed by atoms with Gasteiger partial charge in [-0.1, -0.05) is 12.1 Å². The molecule has 1 aromatic carbocycles. The summed E-state index contributed by atoms with van der Waals surface area (Å²) in [5.41, 5.74) is 1.03. The Hall–Kier alpha value is -1.88. The van der Waals surface area contributed by atoms with Crippen molar-refractivity contribution in [3.63, 3.8) is 0 Å². The second-order valence-corrected chi connectivity index (χ2v) is 6.52. The van der Waals surface area contributed by atoms with Crippen LogP contribution in [0.25, 0.3) is 0 Å². The van der Waals surface area contributed by atoms with Crippen LogP contribution in [0.4, 0.5) is 0 Å². The van der Waals surface area contributed by atoms with E-state index in [0.717, 1.165) is 18.4 Å². The zero-order valence-corrected chi connectivity index (χ0v) is 13.2. The van der Waals surface area contributed by atoms with E-state index in [1.807, 2.05) is 12.1 Å². The highest BCUT2D eigenvalue weighted by molar-refractivity contribution is 5.94. The first-order valence-electron chi connectivity index (χ1n) is 7.72. The Bertz CT molecular complexity index is 532. The van der Waals surface area contributed by atoms with Crippen molar-refractivity contribution in [2.24, 2.45) is 0 Å². The summed E-state index contributed by atoms with van der Waals surface area (Å²) in [5, 5.41) is 15.4. The van der Waals surface area contributed by atoms with Gasteiger partial charge >= 0.3 is 0 Å². The molecule has 1 unspecified atom stereocenters. The summed E-state index contributed by atoms with van der Waals surface area (Å²) in [6, 6.07) is 7.46. The summed E-state index contributed by atoms with van der Waals surface area (Å²) in [7, 11) is 0. The number of hydrogen-bond donors (Lipinski definition) is 3. The molecular weight excluding hydrogens is 280 g/mol. The highest BCUT2D eigenvalue weighted by Gasteiger charge is 2.21. The first-order chi connectivity index (χ1) is 10.3. The van der Waals surface area contributed by atoms with Crippen LogP contribution in [0.2, 0.25) is 0 Å². The molecule has 1 saturated heterocycles. The fourth-order valence-electron chi connectivity index (χ4n) is 2.42. The summed E-state index contributed by atoms with van der Waals surface area (Å²) >= 11 is 0. The van der Waals surface area contributed by atoms with Crippen LogP contribution >= 0.6 is 0 Å². The van der Waals surface area contributed by atoms with E-state index in [0.29, 0.717) is 24.9 Å². The number of carbonyl (C=O) groups is 2. The van der Waals surface area contributed by atoms with E-state index in [4.69, 9.17) is 0 Å². The van der Waals surface area contributed by atoms with Gasteiger partial charge in [0.1, 0.15) is 0 Å². The van der Waals surface area contributed by atoms with Gasteiger partial charge in [0, 0.05) is 24.6 Å². The lowest BCUT2D eigenvalue weighted by Gasteiger charge is -2.16. The van der Waals surface area contributed by atoms with Crippen molar-refractivity contribution >= 4 is 11.8 Å². The van der Waals surface area contributed by atoms with Crippen LogP contribution in [0, 0.1) is 0 Å². The molecule has 0 radical (unpaired) electrons. The van der Waals surface area contributed by atoms with Gasteiger partial charge < -0.3 is 15.7 Å². The Morgan fingerprint density at radius 3 is 2.59 bits per heavy atom. The fourth-order valence-corrected chi connectivity index (χ4v) is 2.42. The van der Waals surface area contributed by atoms with E-state index in [-0.39, 0.29) is 17.9 Å². The second kappa shape index (κ2) is 6.92. The first kappa shape index (κ1) is 16.5. The van der Waals surface area contributed by atoms with E-state index >= 15 is 0 Å². The molecule has 2 amide bonds. The quantitative estimate of drug-likeness (QED) is 0.743. The molecule has 5 heteroatoms. The Labute approximate surface area is 131 Å². The lowest BCUT2D eigenvalue weighted by Crippen LogP contribution is -2.38. The number of aryl methyl sites for hydroxylation is 1. The third-order valence-corrected chi connectivity index (χ3v) is 3.84. The van der Waals surface area contributed by atoms with Crippen molar-refractivity contribution in [1.82, 2.24) is 10.6 Å². The van der Waals surface area contributed by atoms with Gasteiger partial charge in [-0.25, -0.2) is 0 Å². The number of amides is 2. The summed E-state index contributed by atoms with van der Waals surface area (Å²) < 4.78 is 0. The molecule has 0 saturated carbocycles. The van der Waals surface area contributed by atoms with E-state index < -0.39 is 5.60 Å². The predicted octanol–water partition coefficient (Wildman–Crippen LogP) is 1.40. The third kappa shape index (κ3) is 5.15. The van der Waals surface area contributed by atoms with Crippen molar-refractivity contribution in [2.75, 3.05) is 6.54 Å². The van der Waals surface area contributed by atoms with Gasteiger partial charge in [0.15, 0.2) is 0 Å². The lowest BCUT2D eigenvalue weighted by molar-refractivity contribution is -0.119. The monoisotopic (exact) mass is 304 g/mol. The van der Waals surface area contributed by atoms with E-state index in [1.165, 1.54) is 0 Å². The molecule has 120 valence electrons. The van der Waals surface area contributed by atoms with Gasteiger partial charge in [-0.3, -0.25) is 9.59 Å². The Kier molecular flexibility index (Phi) is 5.19. The maximum absolute atomic E-state index is 12.0. The summed E-state index contributed by atoms with van der Waals surface area (Å²) in [4.78, 5) is 23.1. The third-order valence-electron chi connectivity index (χ3n) is 3.84. The Balaban J connectivity index is 1.81. The normalized spacial score (nSPS) is 18.1. The van der Waals surface area contributed by atoms with Crippen molar-refractivity contribution < 1.29 is 14.7 Å². The molecule has 2 rings (SSSR count). The second-order valence-electron chi connectivity index (χ2n) is 6.52. The minimum atomic E-state index is -0.679. The molecule has 1 heterocycles. The summed E-state index contributed by atoms with van der Waals surface area (Å²) in [6.07, 6.45) is 2.77. The number of aliphatic hydroxyl groups is 1. The first-order valence-corrected chi connectivity index (χ1v) is 7.72. The largest absolute Gasteiger partial charge is 0.390 e. The van der Waals surface area contributed by atoms with Crippen molar-refractivity contribution in [1.29, 1.82) is 0 Å². The van der Waals surface area contributed by atoms with Gasteiger partial charge in [0.2, 0.25) is 5.91 Å². The molecule has 3 N–H and O–H groups in total. The molecule has 1 aliphatic rings. The van der Waals surface area contributed by atoms with Crippen LogP contribution in [0.1, 0.15) is 49.0 Å². The van der Waals surface area contributed by atoms with Crippen LogP contribution in [-0.4, -0.2) is 35.1 Å². The van der Waals surface area contributed by atoms with Crippen LogP contribution in [0.15, 0.2) is 24.3 Å². The maximum Gasteiger partial charge on any atom is 0.251 e. The number of benzene rings is 1. The van der Waals surface area contributed by atoms with Crippen LogP contribution in [-0.2, 0) is 11.2 Å². The van der Waals surface area contributed by atoms with Crippen LogP contribution < -0.4 is 10.6 Å². The highest BCUT2D eigenvalue weighted by atomic mass is 16.3. The SMILES string of the molecule is CC(C)(O)CCc1ccc(C(=O)NCC2CCC(=O)N2)cc1. The van der Waals surface area contributed by atoms with E-state index in [2.05, 4.69) is 10.6 Å². The average Bonchev–Trinajstić information content (AvgIpc) is 2.88. The standard InChI is InChI=1S/C17H24N2O3/c1-17(2,22)10-9-12-3-5-13(6-4-12)16(21)18-11-14-7-8-15(20)19-14/h3-6,14,22H,7-11H2,1-2H3,(H,18,21)(H,19,20). The van der Waals surface area contributed by atoms with Gasteiger partial charge in [-0.2, -0.15) is 0 Å². The summed E-state index contributed by atoms with van der Waals surface area (Å²) in [6.45, 7) is 4.04. The maximum atomic E-state index is 12.0. The number of hydrogen-bond acceptors (Lipinski definition) is 3. The molecule has 1 aromatic rings. The molecule has 0 aromatic heterocycles. The smallest absolute Gasteiger partial charge is 0.251 e. The van der Waals surface area contributed by atoms with Gasteiger partial charge in [0.25, 0.3) is 5.91 Å². The fraction of sp³-hybridized carbons (Fsp3) is 0.529. The van der Waals surface area contributed by atoms with Gasteiger partial charge in [-0.15, -0.1) is 0 Å². The molecule has 0 bridgehead atoms. The van der Waals surface area contributed by atoms with Gasteiger partial charge in [-0.05, 0) is 50.8 Å². The van der Waals surface area contributed by atoms with E-state index in [1.54, 1.807) is 26.0 Å². The van der Waals surface area contributed by atoms with Crippen molar-refractivity contribution in [2.45, 2.75) is 51.2 Å². The van der Waals surface area contributed by atoms with Crippen molar-refractivity contribution in [3.8, 4) is 0 Å². The Morgan fingerprint density at radius 2 is 2.05 bits per heavy atom. The average molecular weight is 304 g/mol. The Morgan fingerprint density at radius 1 is 1.36 bits per heavy atom. The molecule has 5 nitrogen and oxygen atoms in total. The topological polar surface area (TPSA) is 78.4 Å².